The minimum absolute atomic E-state index is 0.0175. The Hall–Kier alpha value is -4.55. The van der Waals surface area contributed by atoms with Gasteiger partial charge in [-0.05, 0) is 64.3 Å². The van der Waals surface area contributed by atoms with Gasteiger partial charge in [0, 0.05) is 50.9 Å². The van der Waals surface area contributed by atoms with Crippen molar-refractivity contribution in [3.8, 4) is 11.3 Å². The second-order valence-electron chi connectivity index (χ2n) is 11.1. The highest BCUT2D eigenvalue weighted by atomic mass is 19.1. The van der Waals surface area contributed by atoms with E-state index < -0.39 is 29.5 Å². The van der Waals surface area contributed by atoms with Crippen LogP contribution < -0.4 is 21.3 Å². The number of aryl methyl sites for hydroxylation is 1. The van der Waals surface area contributed by atoms with E-state index >= 15 is 4.39 Å². The molecule has 0 aliphatic heterocycles. The third-order valence-electron chi connectivity index (χ3n) is 6.02. The smallest absolute Gasteiger partial charge is 0.407 e. The van der Waals surface area contributed by atoms with Crippen LogP contribution in [0, 0.1) is 11.6 Å². The first-order chi connectivity index (χ1) is 20.3. The molecule has 1 atom stereocenters. The molecule has 0 aliphatic carbocycles. The number of amides is 3. The van der Waals surface area contributed by atoms with Crippen LogP contribution in [0.1, 0.15) is 56.5 Å². The minimum Gasteiger partial charge on any atom is -0.444 e. The summed E-state index contributed by atoms with van der Waals surface area (Å²) in [5, 5.41) is 15.2. The molecule has 11 nitrogen and oxygen atoms in total. The summed E-state index contributed by atoms with van der Waals surface area (Å²) in [5.41, 5.74) is 0.594. The Kier molecular flexibility index (Phi) is 11.6. The molecular formula is C30H39F2N7O4. The van der Waals surface area contributed by atoms with Gasteiger partial charge >= 0.3 is 6.09 Å². The van der Waals surface area contributed by atoms with E-state index in [2.05, 4.69) is 31.3 Å². The Labute approximate surface area is 249 Å². The molecule has 0 unspecified atom stereocenters. The summed E-state index contributed by atoms with van der Waals surface area (Å²) in [6.07, 6.45) is 3.54. The molecule has 0 fully saturated rings. The third-order valence-corrected chi connectivity index (χ3v) is 6.02. The monoisotopic (exact) mass is 599 g/mol. The molecule has 13 heteroatoms. The van der Waals surface area contributed by atoms with Crippen LogP contribution in [0.3, 0.4) is 0 Å². The van der Waals surface area contributed by atoms with Crippen LogP contribution in [0.5, 0.6) is 0 Å². The highest BCUT2D eigenvalue weighted by Crippen LogP contribution is 2.25. The summed E-state index contributed by atoms with van der Waals surface area (Å²) in [4.78, 5) is 41.5. The van der Waals surface area contributed by atoms with Crippen molar-refractivity contribution in [3.05, 3.63) is 65.5 Å². The number of pyridine rings is 1. The molecule has 3 rings (SSSR count). The number of nitrogens with zero attached hydrogens (tertiary/aromatic N) is 3. The summed E-state index contributed by atoms with van der Waals surface area (Å²) < 4.78 is 35.4. The number of hydrogen-bond donors (Lipinski definition) is 4. The predicted octanol–water partition coefficient (Wildman–Crippen LogP) is 3.95. The highest BCUT2D eigenvalue weighted by molar-refractivity contribution is 5.99. The molecule has 232 valence electrons. The van der Waals surface area contributed by atoms with Gasteiger partial charge in [-0.3, -0.25) is 14.3 Å². The van der Waals surface area contributed by atoms with Crippen molar-refractivity contribution >= 4 is 23.7 Å². The van der Waals surface area contributed by atoms with E-state index in [1.165, 1.54) is 23.0 Å². The second kappa shape index (κ2) is 15.1. The van der Waals surface area contributed by atoms with Crippen molar-refractivity contribution in [2.45, 2.75) is 58.6 Å². The SMILES string of the molecule is C[C@H](CNC(=O)c1cc(F)c(-c2cnn(C)c2)nc1NCCc1cccc(F)c1)NC(=O)CCCNC(=O)OC(C)(C)C. The van der Waals surface area contributed by atoms with Gasteiger partial charge in [-0.2, -0.15) is 5.10 Å². The van der Waals surface area contributed by atoms with E-state index in [1.807, 2.05) is 0 Å². The first kappa shape index (κ1) is 33.0. The predicted molar refractivity (Wildman–Crippen MR) is 158 cm³/mol. The van der Waals surface area contributed by atoms with Gasteiger partial charge in [0.15, 0.2) is 5.82 Å². The zero-order valence-corrected chi connectivity index (χ0v) is 25.1. The maximum Gasteiger partial charge on any atom is 0.407 e. The van der Waals surface area contributed by atoms with Crippen LogP contribution in [0.2, 0.25) is 0 Å². The number of aromatic nitrogens is 3. The van der Waals surface area contributed by atoms with Crippen molar-refractivity contribution in [3.63, 3.8) is 0 Å². The fraction of sp³-hybridized carbons (Fsp3) is 0.433. The first-order valence-corrected chi connectivity index (χ1v) is 14.0. The van der Waals surface area contributed by atoms with Gasteiger partial charge in [-0.25, -0.2) is 18.6 Å². The van der Waals surface area contributed by atoms with E-state index in [0.29, 0.717) is 24.9 Å². The summed E-state index contributed by atoms with van der Waals surface area (Å²) in [6.45, 7) is 7.67. The van der Waals surface area contributed by atoms with Crippen molar-refractivity contribution < 1.29 is 27.9 Å². The second-order valence-corrected chi connectivity index (χ2v) is 11.1. The third kappa shape index (κ3) is 11.0. The van der Waals surface area contributed by atoms with E-state index in [0.717, 1.165) is 11.6 Å². The molecule has 0 bridgehead atoms. The Morgan fingerprint density at radius 1 is 1.09 bits per heavy atom. The number of carbonyl (C=O) groups excluding carboxylic acids is 3. The summed E-state index contributed by atoms with van der Waals surface area (Å²) in [5.74, 6) is -1.73. The zero-order valence-electron chi connectivity index (χ0n) is 25.1. The van der Waals surface area contributed by atoms with E-state index in [-0.39, 0.29) is 48.3 Å². The van der Waals surface area contributed by atoms with E-state index in [1.54, 1.807) is 53.1 Å². The molecule has 0 spiro atoms. The van der Waals surface area contributed by atoms with E-state index in [9.17, 15) is 18.8 Å². The maximum atomic E-state index is 15.1. The Morgan fingerprint density at radius 3 is 2.53 bits per heavy atom. The fourth-order valence-corrected chi connectivity index (χ4v) is 4.05. The number of hydrogen-bond acceptors (Lipinski definition) is 7. The van der Waals surface area contributed by atoms with Crippen LogP contribution in [-0.4, -0.2) is 63.9 Å². The average molecular weight is 600 g/mol. The van der Waals surface area contributed by atoms with Gasteiger partial charge in [0.1, 0.15) is 22.9 Å². The van der Waals surface area contributed by atoms with E-state index in [4.69, 9.17) is 4.74 Å². The van der Waals surface area contributed by atoms with Crippen LogP contribution in [0.15, 0.2) is 42.7 Å². The van der Waals surface area contributed by atoms with Gasteiger partial charge in [-0.1, -0.05) is 12.1 Å². The number of benzene rings is 1. The molecule has 2 aromatic heterocycles. The van der Waals surface area contributed by atoms with Crippen molar-refractivity contribution in [1.29, 1.82) is 0 Å². The van der Waals surface area contributed by atoms with Gasteiger partial charge < -0.3 is 26.0 Å². The van der Waals surface area contributed by atoms with Gasteiger partial charge in [-0.15, -0.1) is 0 Å². The van der Waals surface area contributed by atoms with Gasteiger partial charge in [0.05, 0.1) is 11.8 Å². The molecule has 3 aromatic rings. The van der Waals surface area contributed by atoms with Crippen LogP contribution >= 0.6 is 0 Å². The molecule has 3 amide bonds. The number of halogens is 2. The minimum atomic E-state index is -0.699. The Balaban J connectivity index is 1.58. The van der Waals surface area contributed by atoms with Crippen molar-refractivity contribution in [1.82, 2.24) is 30.7 Å². The Bertz CT molecular complexity index is 1420. The number of ether oxygens (including phenoxy) is 1. The topological polar surface area (TPSA) is 139 Å². The quantitative estimate of drug-likeness (QED) is 0.218. The molecule has 0 aliphatic rings. The molecule has 2 heterocycles. The van der Waals surface area contributed by atoms with Crippen LogP contribution in [-0.2, 0) is 23.0 Å². The lowest BCUT2D eigenvalue weighted by Crippen LogP contribution is -2.42. The van der Waals surface area contributed by atoms with Crippen LogP contribution in [0.4, 0.5) is 19.4 Å². The van der Waals surface area contributed by atoms with Gasteiger partial charge in [0.25, 0.3) is 5.91 Å². The highest BCUT2D eigenvalue weighted by Gasteiger charge is 2.20. The molecular weight excluding hydrogens is 560 g/mol. The lowest BCUT2D eigenvalue weighted by molar-refractivity contribution is -0.121. The summed E-state index contributed by atoms with van der Waals surface area (Å²) >= 11 is 0. The molecule has 4 N–H and O–H groups in total. The van der Waals surface area contributed by atoms with Gasteiger partial charge in [0.2, 0.25) is 5.91 Å². The molecule has 0 saturated carbocycles. The molecule has 1 aromatic carbocycles. The lowest BCUT2D eigenvalue weighted by atomic mass is 10.1. The summed E-state index contributed by atoms with van der Waals surface area (Å²) in [7, 11) is 1.70. The van der Waals surface area contributed by atoms with Crippen molar-refractivity contribution in [2.24, 2.45) is 7.05 Å². The lowest BCUT2D eigenvalue weighted by Gasteiger charge is -2.19. The first-order valence-electron chi connectivity index (χ1n) is 14.0. The largest absolute Gasteiger partial charge is 0.444 e. The average Bonchev–Trinajstić information content (AvgIpc) is 3.35. The normalized spacial score (nSPS) is 11.9. The number of rotatable bonds is 13. The number of anilines is 1. The maximum absolute atomic E-state index is 15.1. The Morgan fingerprint density at radius 2 is 1.86 bits per heavy atom. The summed E-state index contributed by atoms with van der Waals surface area (Å²) in [6, 6.07) is 6.85. The van der Waals surface area contributed by atoms with Crippen molar-refractivity contribution in [2.75, 3.05) is 25.0 Å². The standard InChI is InChI=1S/C30H39F2N7O4/c1-19(37-25(40)10-7-12-34-29(42)43-30(2,3)4)16-35-28(41)23-15-24(32)26(21-17-36-39(5)18-21)38-27(23)33-13-11-20-8-6-9-22(31)14-20/h6,8-9,14-15,17-19H,7,10-13,16H2,1-5H3,(H,33,38)(H,34,42)(H,35,41)(H,37,40)/t19-/m1/s1. The molecule has 0 radical (unpaired) electrons. The zero-order chi connectivity index (χ0) is 31.6. The van der Waals surface area contributed by atoms with Crippen LogP contribution in [0.25, 0.3) is 11.3 Å². The fourth-order valence-electron chi connectivity index (χ4n) is 4.05. The number of alkyl carbamates (subject to hydrolysis) is 1. The number of nitrogens with one attached hydrogen (secondary N) is 4. The molecule has 0 saturated heterocycles. The molecule has 43 heavy (non-hydrogen) atoms. The number of carbonyl (C=O) groups is 3.